The Balaban J connectivity index is 1.61. The number of rotatable bonds is 5. The van der Waals surface area contributed by atoms with E-state index in [2.05, 4.69) is 5.32 Å². The van der Waals surface area contributed by atoms with E-state index in [1.807, 2.05) is 24.3 Å². The molecule has 1 N–H and O–H groups in total. The van der Waals surface area contributed by atoms with Crippen molar-refractivity contribution in [2.75, 3.05) is 12.4 Å². The lowest BCUT2D eigenvalue weighted by atomic mass is 10.1. The average molecular weight is 299 g/mol. The van der Waals surface area contributed by atoms with Crippen molar-refractivity contribution in [3.05, 3.63) is 65.5 Å². The highest BCUT2D eigenvalue weighted by molar-refractivity contribution is 5.95. The van der Waals surface area contributed by atoms with E-state index >= 15 is 0 Å². The third-order valence-electron chi connectivity index (χ3n) is 3.93. The van der Waals surface area contributed by atoms with Crippen LogP contribution in [0.2, 0.25) is 0 Å². The Hall–Kier alpha value is -2.20. The van der Waals surface area contributed by atoms with E-state index in [1.54, 1.807) is 19.2 Å². The first-order valence-corrected chi connectivity index (χ1v) is 7.31. The maximum absolute atomic E-state index is 12.9. The lowest BCUT2D eigenvalue weighted by molar-refractivity contribution is -0.117. The molecule has 0 heterocycles. The molecule has 2 atom stereocenters. The van der Waals surface area contributed by atoms with E-state index in [0.717, 1.165) is 23.2 Å². The Bertz CT molecular complexity index is 669. The van der Waals surface area contributed by atoms with E-state index < -0.39 is 0 Å². The monoisotopic (exact) mass is 299 g/mol. The Morgan fingerprint density at radius 1 is 1.27 bits per heavy atom. The van der Waals surface area contributed by atoms with E-state index in [-0.39, 0.29) is 23.6 Å². The number of amides is 1. The lowest BCUT2D eigenvalue weighted by Gasteiger charge is -2.07. The summed E-state index contributed by atoms with van der Waals surface area (Å²) in [6.45, 7) is 0.519. The summed E-state index contributed by atoms with van der Waals surface area (Å²) in [5, 5.41) is 2.95. The molecule has 1 amide bonds. The van der Waals surface area contributed by atoms with Gasteiger partial charge in [0.1, 0.15) is 5.82 Å². The normalized spacial score (nSPS) is 19.7. The van der Waals surface area contributed by atoms with Gasteiger partial charge in [-0.05, 0) is 47.7 Å². The fourth-order valence-corrected chi connectivity index (χ4v) is 2.70. The fourth-order valence-electron chi connectivity index (χ4n) is 2.70. The molecule has 0 saturated heterocycles. The van der Waals surface area contributed by atoms with Crippen LogP contribution in [0.15, 0.2) is 48.5 Å². The highest BCUT2D eigenvalue weighted by Gasteiger charge is 2.43. The van der Waals surface area contributed by atoms with Gasteiger partial charge in [-0.2, -0.15) is 0 Å². The number of anilines is 1. The Kier molecular flexibility index (Phi) is 4.20. The highest BCUT2D eigenvalue weighted by atomic mass is 19.1. The van der Waals surface area contributed by atoms with Gasteiger partial charge in [0.15, 0.2) is 0 Å². The van der Waals surface area contributed by atoms with Crippen molar-refractivity contribution in [3.8, 4) is 0 Å². The van der Waals surface area contributed by atoms with Gasteiger partial charge in [0.05, 0.1) is 6.61 Å². The zero-order valence-corrected chi connectivity index (χ0v) is 12.4. The number of halogens is 1. The van der Waals surface area contributed by atoms with Gasteiger partial charge in [-0.3, -0.25) is 4.79 Å². The zero-order valence-electron chi connectivity index (χ0n) is 12.4. The van der Waals surface area contributed by atoms with Crippen molar-refractivity contribution in [2.24, 2.45) is 5.92 Å². The fraction of sp³-hybridized carbons (Fsp3) is 0.278. The van der Waals surface area contributed by atoms with Gasteiger partial charge in [-0.25, -0.2) is 4.39 Å². The van der Waals surface area contributed by atoms with Gasteiger partial charge in [0.2, 0.25) is 5.91 Å². The molecule has 0 unspecified atom stereocenters. The van der Waals surface area contributed by atoms with Gasteiger partial charge in [-0.1, -0.05) is 24.3 Å². The molecule has 22 heavy (non-hydrogen) atoms. The lowest BCUT2D eigenvalue weighted by Crippen LogP contribution is -2.14. The van der Waals surface area contributed by atoms with Crippen LogP contribution in [0.5, 0.6) is 0 Å². The number of ether oxygens (including phenoxy) is 1. The second kappa shape index (κ2) is 6.28. The SMILES string of the molecule is COCc1cccc(NC(=O)[C@H]2C[C@H]2c2ccc(F)cc2)c1. The van der Waals surface area contributed by atoms with Gasteiger partial charge in [-0.15, -0.1) is 0 Å². The van der Waals surface area contributed by atoms with Crippen LogP contribution in [0.4, 0.5) is 10.1 Å². The predicted octanol–water partition coefficient (Wildman–Crippen LogP) is 3.71. The number of carbonyl (C=O) groups is 1. The summed E-state index contributed by atoms with van der Waals surface area (Å²) in [7, 11) is 1.64. The first-order valence-electron chi connectivity index (χ1n) is 7.31. The summed E-state index contributed by atoms with van der Waals surface area (Å²) in [6, 6.07) is 14.0. The van der Waals surface area contributed by atoms with Gasteiger partial charge in [0.25, 0.3) is 0 Å². The van der Waals surface area contributed by atoms with Gasteiger partial charge >= 0.3 is 0 Å². The first-order chi connectivity index (χ1) is 10.7. The van der Waals surface area contributed by atoms with E-state index in [9.17, 15) is 9.18 Å². The quantitative estimate of drug-likeness (QED) is 0.914. The maximum Gasteiger partial charge on any atom is 0.228 e. The molecular weight excluding hydrogens is 281 g/mol. The molecule has 1 aliphatic rings. The largest absolute Gasteiger partial charge is 0.380 e. The molecule has 0 spiro atoms. The maximum atomic E-state index is 12.9. The van der Waals surface area contributed by atoms with Crippen molar-refractivity contribution in [3.63, 3.8) is 0 Å². The van der Waals surface area contributed by atoms with Crippen LogP contribution in [0.1, 0.15) is 23.5 Å². The summed E-state index contributed by atoms with van der Waals surface area (Å²) in [6.07, 6.45) is 0.815. The van der Waals surface area contributed by atoms with Crippen LogP contribution in [-0.2, 0) is 16.1 Å². The molecule has 114 valence electrons. The smallest absolute Gasteiger partial charge is 0.228 e. The van der Waals surface area contributed by atoms with E-state index in [1.165, 1.54) is 12.1 Å². The summed E-state index contributed by atoms with van der Waals surface area (Å²) in [5.41, 5.74) is 2.82. The molecule has 1 aliphatic carbocycles. The van der Waals surface area contributed by atoms with Crippen LogP contribution in [-0.4, -0.2) is 13.0 Å². The zero-order chi connectivity index (χ0) is 15.5. The van der Waals surface area contributed by atoms with E-state index in [4.69, 9.17) is 4.74 Å². The van der Waals surface area contributed by atoms with Gasteiger partial charge in [0, 0.05) is 18.7 Å². The van der Waals surface area contributed by atoms with Crippen molar-refractivity contribution in [1.29, 1.82) is 0 Å². The minimum absolute atomic E-state index is 0.0175. The molecule has 1 saturated carbocycles. The molecule has 0 aromatic heterocycles. The van der Waals surface area contributed by atoms with Crippen LogP contribution >= 0.6 is 0 Å². The van der Waals surface area contributed by atoms with Gasteiger partial charge < -0.3 is 10.1 Å². The van der Waals surface area contributed by atoms with Crippen molar-refractivity contribution >= 4 is 11.6 Å². The topological polar surface area (TPSA) is 38.3 Å². The Labute approximate surface area is 129 Å². The van der Waals surface area contributed by atoms with E-state index in [0.29, 0.717) is 6.61 Å². The number of hydrogen-bond acceptors (Lipinski definition) is 2. The Morgan fingerprint density at radius 3 is 2.77 bits per heavy atom. The second-order valence-corrected chi connectivity index (χ2v) is 5.62. The molecule has 0 aliphatic heterocycles. The third-order valence-corrected chi connectivity index (χ3v) is 3.93. The van der Waals surface area contributed by atoms with Crippen LogP contribution < -0.4 is 5.32 Å². The van der Waals surface area contributed by atoms with Crippen LogP contribution in [0.25, 0.3) is 0 Å². The molecule has 3 nitrogen and oxygen atoms in total. The number of methoxy groups -OCH3 is 1. The first kappa shape index (κ1) is 14.7. The highest BCUT2D eigenvalue weighted by Crippen LogP contribution is 2.47. The van der Waals surface area contributed by atoms with Crippen molar-refractivity contribution in [1.82, 2.24) is 0 Å². The molecule has 2 aromatic rings. The minimum atomic E-state index is -0.250. The molecule has 0 bridgehead atoms. The number of hydrogen-bond donors (Lipinski definition) is 1. The summed E-state index contributed by atoms with van der Waals surface area (Å²) >= 11 is 0. The van der Waals surface area contributed by atoms with Crippen LogP contribution in [0.3, 0.4) is 0 Å². The summed E-state index contributed by atoms with van der Waals surface area (Å²) in [4.78, 5) is 12.3. The Morgan fingerprint density at radius 2 is 2.05 bits per heavy atom. The molecule has 4 heteroatoms. The molecular formula is C18H18FNO2. The number of nitrogens with one attached hydrogen (secondary N) is 1. The standard InChI is InChI=1S/C18H18FNO2/c1-22-11-12-3-2-4-15(9-12)20-18(21)17-10-16(17)13-5-7-14(19)8-6-13/h2-9,16-17H,10-11H2,1H3,(H,20,21)/t16-,17-/m0/s1. The second-order valence-electron chi connectivity index (χ2n) is 5.62. The molecule has 1 fully saturated rings. The molecule has 2 aromatic carbocycles. The summed E-state index contributed by atoms with van der Waals surface area (Å²) in [5.74, 6) is -0.0662. The average Bonchev–Trinajstić information content (AvgIpc) is 3.29. The minimum Gasteiger partial charge on any atom is -0.380 e. The van der Waals surface area contributed by atoms with Crippen molar-refractivity contribution in [2.45, 2.75) is 18.9 Å². The third kappa shape index (κ3) is 3.34. The molecule has 3 rings (SSSR count). The predicted molar refractivity (Wildman–Crippen MR) is 83.0 cm³/mol. The van der Waals surface area contributed by atoms with Crippen molar-refractivity contribution < 1.29 is 13.9 Å². The number of benzene rings is 2. The van der Waals surface area contributed by atoms with Crippen LogP contribution in [0, 0.1) is 11.7 Å². The molecule has 0 radical (unpaired) electrons. The number of carbonyl (C=O) groups excluding carboxylic acids is 1. The summed E-state index contributed by atoms with van der Waals surface area (Å²) < 4.78 is 18.0.